The largest absolute Gasteiger partial charge is 0.494 e. The first-order valence-electron chi connectivity index (χ1n) is 9.06. The summed E-state index contributed by atoms with van der Waals surface area (Å²) in [5.41, 5.74) is 2.03. The Labute approximate surface area is 160 Å². The molecule has 6 heteroatoms. The molecule has 2 aromatic rings. The second-order valence-electron chi connectivity index (χ2n) is 6.62. The average Bonchev–Trinajstić information content (AvgIpc) is 2.66. The number of anilines is 2. The second-order valence-corrected chi connectivity index (χ2v) is 6.62. The van der Waals surface area contributed by atoms with Gasteiger partial charge in [0.2, 0.25) is 5.91 Å². The maximum absolute atomic E-state index is 12.1. The van der Waals surface area contributed by atoms with Crippen LogP contribution in [0, 0.1) is 5.92 Å². The van der Waals surface area contributed by atoms with Crippen molar-refractivity contribution in [2.24, 2.45) is 5.92 Å². The molecule has 27 heavy (non-hydrogen) atoms. The molecule has 6 nitrogen and oxygen atoms in total. The lowest BCUT2D eigenvalue weighted by molar-refractivity contribution is -0.114. The van der Waals surface area contributed by atoms with Crippen LogP contribution in [-0.2, 0) is 4.79 Å². The van der Waals surface area contributed by atoms with E-state index in [9.17, 15) is 9.59 Å². The van der Waals surface area contributed by atoms with Gasteiger partial charge in [0.15, 0.2) is 0 Å². The van der Waals surface area contributed by atoms with E-state index in [-0.39, 0.29) is 18.4 Å². The van der Waals surface area contributed by atoms with Gasteiger partial charge in [0.1, 0.15) is 5.75 Å². The summed E-state index contributed by atoms with van der Waals surface area (Å²) in [5, 5.41) is 8.45. The fourth-order valence-corrected chi connectivity index (χ4v) is 2.35. The Morgan fingerprint density at radius 1 is 1.04 bits per heavy atom. The van der Waals surface area contributed by atoms with Gasteiger partial charge >= 0.3 is 0 Å². The molecule has 2 amide bonds. The van der Waals surface area contributed by atoms with Crippen molar-refractivity contribution in [1.29, 1.82) is 0 Å². The molecule has 0 aliphatic carbocycles. The Kier molecular flexibility index (Phi) is 7.67. The molecule has 2 rings (SSSR count). The molecule has 0 saturated carbocycles. The molecule has 0 heterocycles. The van der Waals surface area contributed by atoms with Crippen molar-refractivity contribution in [1.82, 2.24) is 5.32 Å². The van der Waals surface area contributed by atoms with Crippen molar-refractivity contribution >= 4 is 23.2 Å². The standard InChI is InChI=1S/C21H27N3O3/c1-15(2)11-12-27-19-6-4-5-18(13-19)24-20(25)14-23-17-9-7-16(8-10-17)21(26)22-3/h4-10,13,15,23H,11-12,14H2,1-3H3,(H,22,26)(H,24,25). The monoisotopic (exact) mass is 369 g/mol. The molecule has 0 atom stereocenters. The van der Waals surface area contributed by atoms with Gasteiger partial charge in [0.25, 0.3) is 5.91 Å². The minimum absolute atomic E-state index is 0.123. The molecule has 0 aromatic heterocycles. The minimum atomic E-state index is -0.162. The van der Waals surface area contributed by atoms with Crippen LogP contribution >= 0.6 is 0 Å². The first-order chi connectivity index (χ1) is 13.0. The van der Waals surface area contributed by atoms with Crippen molar-refractivity contribution in [3.05, 3.63) is 54.1 Å². The molecule has 3 N–H and O–H groups in total. The normalized spacial score (nSPS) is 10.4. The highest BCUT2D eigenvalue weighted by molar-refractivity contribution is 5.95. The Hall–Kier alpha value is -3.02. The zero-order valence-electron chi connectivity index (χ0n) is 16.0. The predicted molar refractivity (Wildman–Crippen MR) is 108 cm³/mol. The zero-order chi connectivity index (χ0) is 19.6. The summed E-state index contributed by atoms with van der Waals surface area (Å²) in [4.78, 5) is 23.7. The topological polar surface area (TPSA) is 79.5 Å². The Morgan fingerprint density at radius 3 is 2.44 bits per heavy atom. The third-order valence-electron chi connectivity index (χ3n) is 3.91. The summed E-state index contributed by atoms with van der Waals surface area (Å²) in [6.07, 6.45) is 0.985. The van der Waals surface area contributed by atoms with Crippen LogP contribution in [0.25, 0.3) is 0 Å². The summed E-state index contributed by atoms with van der Waals surface area (Å²) in [6, 6.07) is 14.3. The van der Waals surface area contributed by atoms with Gasteiger partial charge < -0.3 is 20.7 Å². The highest BCUT2D eigenvalue weighted by Gasteiger charge is 2.06. The lowest BCUT2D eigenvalue weighted by Gasteiger charge is -2.11. The van der Waals surface area contributed by atoms with Crippen LogP contribution in [0.15, 0.2) is 48.5 Å². The van der Waals surface area contributed by atoms with Crippen molar-refractivity contribution in [2.45, 2.75) is 20.3 Å². The summed E-state index contributed by atoms with van der Waals surface area (Å²) in [5.74, 6) is 1.02. The van der Waals surface area contributed by atoms with Gasteiger partial charge in [-0.1, -0.05) is 19.9 Å². The number of hydrogen-bond donors (Lipinski definition) is 3. The molecule has 0 spiro atoms. The highest BCUT2D eigenvalue weighted by atomic mass is 16.5. The second kappa shape index (κ2) is 10.2. The SMILES string of the molecule is CNC(=O)c1ccc(NCC(=O)Nc2cccc(OCCC(C)C)c2)cc1. The van der Waals surface area contributed by atoms with E-state index in [2.05, 4.69) is 29.8 Å². The maximum atomic E-state index is 12.1. The third kappa shape index (κ3) is 7.01. The molecule has 0 unspecified atom stereocenters. The van der Waals surface area contributed by atoms with Gasteiger partial charge in [0, 0.05) is 30.1 Å². The Bertz CT molecular complexity index is 758. The van der Waals surface area contributed by atoms with Gasteiger partial charge in [-0.3, -0.25) is 9.59 Å². The van der Waals surface area contributed by atoms with E-state index in [0.29, 0.717) is 23.8 Å². The maximum Gasteiger partial charge on any atom is 0.251 e. The third-order valence-corrected chi connectivity index (χ3v) is 3.91. The number of carbonyl (C=O) groups is 2. The van der Waals surface area contributed by atoms with Gasteiger partial charge in [-0.05, 0) is 48.7 Å². The van der Waals surface area contributed by atoms with Gasteiger partial charge in [-0.25, -0.2) is 0 Å². The number of hydrogen-bond acceptors (Lipinski definition) is 4. The molecule has 0 radical (unpaired) electrons. The summed E-state index contributed by atoms with van der Waals surface area (Å²) >= 11 is 0. The van der Waals surface area contributed by atoms with Crippen LogP contribution in [0.2, 0.25) is 0 Å². The van der Waals surface area contributed by atoms with E-state index in [0.717, 1.165) is 17.9 Å². The minimum Gasteiger partial charge on any atom is -0.494 e. The van der Waals surface area contributed by atoms with Crippen LogP contribution in [0.1, 0.15) is 30.6 Å². The van der Waals surface area contributed by atoms with Gasteiger partial charge in [-0.15, -0.1) is 0 Å². The molecule has 0 aliphatic rings. The smallest absolute Gasteiger partial charge is 0.251 e. The van der Waals surface area contributed by atoms with Crippen LogP contribution < -0.4 is 20.7 Å². The van der Waals surface area contributed by atoms with Crippen molar-refractivity contribution in [3.8, 4) is 5.75 Å². The van der Waals surface area contributed by atoms with E-state index >= 15 is 0 Å². The molecular weight excluding hydrogens is 342 g/mol. The molecule has 0 aliphatic heterocycles. The van der Waals surface area contributed by atoms with E-state index in [4.69, 9.17) is 4.74 Å². The van der Waals surface area contributed by atoms with Crippen molar-refractivity contribution < 1.29 is 14.3 Å². The van der Waals surface area contributed by atoms with Crippen molar-refractivity contribution in [3.63, 3.8) is 0 Å². The van der Waals surface area contributed by atoms with E-state index in [1.165, 1.54) is 0 Å². The molecule has 0 fully saturated rings. The number of ether oxygens (including phenoxy) is 1. The molecule has 2 aromatic carbocycles. The number of amides is 2. The van der Waals surface area contributed by atoms with E-state index in [1.807, 2.05) is 24.3 Å². The number of nitrogens with one attached hydrogen (secondary N) is 3. The predicted octanol–water partition coefficient (Wildman–Crippen LogP) is 3.52. The molecule has 0 bridgehead atoms. The lowest BCUT2D eigenvalue weighted by atomic mass is 10.1. The number of rotatable bonds is 9. The Balaban J connectivity index is 1.82. The van der Waals surface area contributed by atoms with Crippen LogP contribution in [0.4, 0.5) is 11.4 Å². The highest BCUT2D eigenvalue weighted by Crippen LogP contribution is 2.18. The quantitative estimate of drug-likeness (QED) is 0.632. The zero-order valence-corrected chi connectivity index (χ0v) is 16.0. The molecular formula is C21H27N3O3. The molecule has 0 saturated heterocycles. The summed E-state index contributed by atoms with van der Waals surface area (Å²) in [6.45, 7) is 5.08. The number of benzene rings is 2. The van der Waals surface area contributed by atoms with E-state index in [1.54, 1.807) is 31.3 Å². The lowest BCUT2D eigenvalue weighted by Crippen LogP contribution is -2.22. The van der Waals surface area contributed by atoms with Gasteiger partial charge in [0.05, 0.1) is 13.2 Å². The fourth-order valence-electron chi connectivity index (χ4n) is 2.35. The van der Waals surface area contributed by atoms with Crippen LogP contribution in [-0.4, -0.2) is 32.0 Å². The first kappa shape index (κ1) is 20.3. The van der Waals surface area contributed by atoms with Crippen molar-refractivity contribution in [2.75, 3.05) is 30.8 Å². The van der Waals surface area contributed by atoms with Crippen LogP contribution in [0.5, 0.6) is 5.75 Å². The fraction of sp³-hybridized carbons (Fsp3) is 0.333. The first-order valence-corrected chi connectivity index (χ1v) is 9.06. The van der Waals surface area contributed by atoms with E-state index < -0.39 is 0 Å². The van der Waals surface area contributed by atoms with Gasteiger partial charge in [-0.2, -0.15) is 0 Å². The Morgan fingerprint density at radius 2 is 1.78 bits per heavy atom. The average molecular weight is 369 g/mol. The summed E-state index contributed by atoms with van der Waals surface area (Å²) in [7, 11) is 1.59. The molecule has 144 valence electrons. The number of carbonyl (C=O) groups excluding carboxylic acids is 2. The van der Waals surface area contributed by atoms with Crippen LogP contribution in [0.3, 0.4) is 0 Å². The summed E-state index contributed by atoms with van der Waals surface area (Å²) < 4.78 is 5.71.